The summed E-state index contributed by atoms with van der Waals surface area (Å²) >= 11 is 0. The lowest BCUT2D eigenvalue weighted by Crippen LogP contribution is -2.35. The summed E-state index contributed by atoms with van der Waals surface area (Å²) in [6, 6.07) is 6.23. The zero-order valence-corrected chi connectivity index (χ0v) is 12.3. The Morgan fingerprint density at radius 2 is 1.95 bits per heavy atom. The van der Waals surface area contributed by atoms with Gasteiger partial charge in [0.1, 0.15) is 18.4 Å². The molecule has 6 nitrogen and oxygen atoms in total. The number of nitrogens with zero attached hydrogens (tertiary/aromatic N) is 1. The summed E-state index contributed by atoms with van der Waals surface area (Å²) in [5.74, 6) is 0.842. The Hall–Kier alpha value is -2.24. The predicted molar refractivity (Wildman–Crippen MR) is 79.8 cm³/mol. The van der Waals surface area contributed by atoms with E-state index in [2.05, 4.69) is 5.32 Å². The average Bonchev–Trinajstić information content (AvgIpc) is 2.67. The van der Waals surface area contributed by atoms with Crippen LogP contribution in [0.15, 0.2) is 24.3 Å². The molecule has 1 atom stereocenters. The number of urea groups is 1. The molecule has 0 aromatic heterocycles. The van der Waals surface area contributed by atoms with Gasteiger partial charge in [-0.2, -0.15) is 0 Å². The minimum absolute atomic E-state index is 0.172. The summed E-state index contributed by atoms with van der Waals surface area (Å²) in [7, 11) is 0. The maximum atomic E-state index is 12.1. The second-order valence-electron chi connectivity index (χ2n) is 5.54. The van der Waals surface area contributed by atoms with E-state index in [1.165, 1.54) is 4.90 Å². The molecule has 0 radical (unpaired) electrons. The van der Waals surface area contributed by atoms with E-state index in [-0.39, 0.29) is 25.1 Å². The van der Waals surface area contributed by atoms with Crippen LogP contribution in [0.1, 0.15) is 20.3 Å². The molecule has 1 aliphatic heterocycles. The summed E-state index contributed by atoms with van der Waals surface area (Å²) in [6.45, 7) is 4.54. The Morgan fingerprint density at radius 3 is 2.57 bits per heavy atom. The van der Waals surface area contributed by atoms with Crippen LogP contribution < -0.4 is 15.8 Å². The number of benzene rings is 1. The van der Waals surface area contributed by atoms with Crippen molar-refractivity contribution in [2.45, 2.75) is 26.3 Å². The largest absolute Gasteiger partial charge is 0.492 e. The summed E-state index contributed by atoms with van der Waals surface area (Å²) in [5.41, 5.74) is 6.25. The molecule has 1 fully saturated rings. The van der Waals surface area contributed by atoms with Gasteiger partial charge in [0.05, 0.1) is 6.54 Å². The van der Waals surface area contributed by atoms with Crippen molar-refractivity contribution < 1.29 is 14.3 Å². The van der Waals surface area contributed by atoms with Crippen molar-refractivity contribution in [3.63, 3.8) is 0 Å². The molecule has 1 unspecified atom stereocenters. The van der Waals surface area contributed by atoms with E-state index in [0.717, 1.165) is 0 Å². The Kier molecular flexibility index (Phi) is 4.67. The van der Waals surface area contributed by atoms with Crippen molar-refractivity contribution in [2.24, 2.45) is 5.92 Å². The lowest BCUT2D eigenvalue weighted by atomic mass is 10.0. The van der Waals surface area contributed by atoms with E-state index in [4.69, 9.17) is 10.5 Å². The van der Waals surface area contributed by atoms with E-state index >= 15 is 0 Å². The van der Waals surface area contributed by atoms with Crippen molar-refractivity contribution in [2.75, 3.05) is 18.9 Å². The fraction of sp³-hybridized carbons (Fsp3) is 0.467. The first-order chi connectivity index (χ1) is 9.97. The number of hydrogen-bond acceptors (Lipinski definition) is 4. The molecule has 1 aliphatic rings. The number of carbonyl (C=O) groups excluding carboxylic acids is 2. The molecule has 0 saturated carbocycles. The van der Waals surface area contributed by atoms with Gasteiger partial charge in [-0.25, -0.2) is 4.79 Å². The minimum Gasteiger partial charge on any atom is -0.492 e. The Labute approximate surface area is 124 Å². The number of nitrogens with two attached hydrogens (primary N) is 1. The lowest BCUT2D eigenvalue weighted by molar-refractivity contribution is -0.128. The van der Waals surface area contributed by atoms with Gasteiger partial charge in [-0.1, -0.05) is 13.8 Å². The van der Waals surface area contributed by atoms with Crippen LogP contribution in [0.25, 0.3) is 0 Å². The van der Waals surface area contributed by atoms with Gasteiger partial charge in [0.15, 0.2) is 0 Å². The highest BCUT2D eigenvalue weighted by Gasteiger charge is 2.37. The molecular weight excluding hydrogens is 270 g/mol. The molecule has 114 valence electrons. The number of imide groups is 1. The number of rotatable bonds is 6. The first-order valence-corrected chi connectivity index (χ1v) is 7.07. The van der Waals surface area contributed by atoms with E-state index in [0.29, 0.717) is 23.8 Å². The number of anilines is 1. The van der Waals surface area contributed by atoms with E-state index < -0.39 is 6.04 Å². The molecule has 3 N–H and O–H groups in total. The van der Waals surface area contributed by atoms with Crippen LogP contribution in [0, 0.1) is 5.92 Å². The van der Waals surface area contributed by atoms with Crippen molar-refractivity contribution >= 4 is 17.6 Å². The third-order valence-corrected chi connectivity index (χ3v) is 3.28. The number of nitrogens with one attached hydrogen (secondary N) is 1. The third kappa shape index (κ3) is 3.87. The Bertz CT molecular complexity index is 513. The van der Waals surface area contributed by atoms with Crippen molar-refractivity contribution in [3.8, 4) is 5.75 Å². The number of carbonyl (C=O) groups is 2. The first kappa shape index (κ1) is 15.2. The number of amides is 3. The zero-order valence-electron chi connectivity index (χ0n) is 12.3. The zero-order chi connectivity index (χ0) is 15.4. The lowest BCUT2D eigenvalue weighted by Gasteiger charge is -2.14. The van der Waals surface area contributed by atoms with Crippen molar-refractivity contribution in [3.05, 3.63) is 24.3 Å². The predicted octanol–water partition coefficient (Wildman–Crippen LogP) is 1.61. The van der Waals surface area contributed by atoms with E-state index in [9.17, 15) is 9.59 Å². The maximum Gasteiger partial charge on any atom is 0.324 e. The molecule has 2 rings (SSSR count). The quantitative estimate of drug-likeness (QED) is 0.616. The molecule has 1 saturated heterocycles. The normalized spacial score (nSPS) is 18.2. The van der Waals surface area contributed by atoms with Gasteiger partial charge < -0.3 is 15.8 Å². The summed E-state index contributed by atoms with van der Waals surface area (Å²) in [6.07, 6.45) is 0.653. The van der Waals surface area contributed by atoms with E-state index in [1.54, 1.807) is 24.3 Å². The fourth-order valence-electron chi connectivity index (χ4n) is 2.24. The van der Waals surface area contributed by atoms with Gasteiger partial charge in [-0.05, 0) is 36.6 Å². The molecule has 21 heavy (non-hydrogen) atoms. The molecule has 1 heterocycles. The van der Waals surface area contributed by atoms with Crippen LogP contribution in [0.2, 0.25) is 0 Å². The third-order valence-electron chi connectivity index (χ3n) is 3.28. The van der Waals surface area contributed by atoms with Crippen molar-refractivity contribution in [1.82, 2.24) is 10.2 Å². The van der Waals surface area contributed by atoms with Crippen LogP contribution in [0.4, 0.5) is 10.5 Å². The molecule has 0 aliphatic carbocycles. The summed E-state index contributed by atoms with van der Waals surface area (Å²) in [4.78, 5) is 25.1. The monoisotopic (exact) mass is 291 g/mol. The molecular formula is C15H21N3O3. The van der Waals surface area contributed by atoms with E-state index in [1.807, 2.05) is 13.8 Å². The van der Waals surface area contributed by atoms with Gasteiger partial charge in [-0.15, -0.1) is 0 Å². The topological polar surface area (TPSA) is 84.7 Å². The minimum atomic E-state index is -0.408. The number of hydrogen-bond donors (Lipinski definition) is 2. The van der Waals surface area contributed by atoms with Gasteiger partial charge in [0.2, 0.25) is 0 Å². The molecule has 0 bridgehead atoms. The summed E-state index contributed by atoms with van der Waals surface area (Å²) in [5, 5.41) is 2.71. The van der Waals surface area contributed by atoms with Gasteiger partial charge in [-0.3, -0.25) is 9.69 Å². The highest BCUT2D eigenvalue weighted by molar-refractivity contribution is 6.04. The Morgan fingerprint density at radius 1 is 1.29 bits per heavy atom. The number of ether oxygens (including phenoxy) is 1. The van der Waals surface area contributed by atoms with Crippen LogP contribution in [-0.2, 0) is 4.79 Å². The average molecular weight is 291 g/mol. The second-order valence-corrected chi connectivity index (χ2v) is 5.54. The van der Waals surface area contributed by atoms with Gasteiger partial charge >= 0.3 is 6.03 Å². The SMILES string of the molecule is CC(C)CC1NC(=O)N(CCOc2ccc(N)cc2)C1=O. The first-order valence-electron chi connectivity index (χ1n) is 7.07. The molecule has 1 aromatic carbocycles. The molecule has 0 spiro atoms. The Balaban J connectivity index is 1.84. The smallest absolute Gasteiger partial charge is 0.324 e. The molecule has 3 amide bonds. The number of nitrogen functional groups attached to an aromatic ring is 1. The summed E-state index contributed by atoms with van der Waals surface area (Å²) < 4.78 is 5.51. The van der Waals surface area contributed by atoms with Crippen LogP contribution >= 0.6 is 0 Å². The highest BCUT2D eigenvalue weighted by Crippen LogP contribution is 2.15. The van der Waals surface area contributed by atoms with Crippen LogP contribution in [-0.4, -0.2) is 36.0 Å². The van der Waals surface area contributed by atoms with Crippen LogP contribution in [0.5, 0.6) is 5.75 Å². The van der Waals surface area contributed by atoms with Crippen LogP contribution in [0.3, 0.4) is 0 Å². The fourth-order valence-corrected chi connectivity index (χ4v) is 2.24. The van der Waals surface area contributed by atoms with Gasteiger partial charge in [0, 0.05) is 5.69 Å². The van der Waals surface area contributed by atoms with Gasteiger partial charge in [0.25, 0.3) is 5.91 Å². The molecule has 6 heteroatoms. The highest BCUT2D eigenvalue weighted by atomic mass is 16.5. The van der Waals surface area contributed by atoms with Crippen molar-refractivity contribution in [1.29, 1.82) is 0 Å². The maximum absolute atomic E-state index is 12.1. The second kappa shape index (κ2) is 6.47. The molecule has 1 aromatic rings. The standard InChI is InChI=1S/C15H21N3O3/c1-10(2)9-13-14(19)18(15(20)17-13)7-8-21-12-5-3-11(16)4-6-12/h3-6,10,13H,7-9,16H2,1-2H3,(H,17,20).